The molecule has 1 aliphatic heterocycles. The molecule has 9 nitrogen and oxygen atoms in total. The van der Waals surface area contributed by atoms with Gasteiger partial charge in [-0.25, -0.2) is 9.97 Å². The number of ketones is 1. The molecule has 2 atom stereocenters. The molecule has 1 amide bonds. The fourth-order valence-electron chi connectivity index (χ4n) is 6.84. The monoisotopic (exact) mass is 695 g/mol. The molecule has 3 heterocycles. The summed E-state index contributed by atoms with van der Waals surface area (Å²) in [5, 5.41) is 5.01. The predicted octanol–water partition coefficient (Wildman–Crippen LogP) is 7.89. The Balaban J connectivity index is 1.45. The van der Waals surface area contributed by atoms with E-state index >= 15 is 0 Å². The van der Waals surface area contributed by atoms with Crippen LogP contribution in [0.3, 0.4) is 0 Å². The van der Waals surface area contributed by atoms with Crippen molar-refractivity contribution in [2.24, 2.45) is 11.3 Å². The van der Waals surface area contributed by atoms with Crippen molar-refractivity contribution in [2.45, 2.75) is 103 Å². The lowest BCUT2D eigenvalue weighted by Crippen LogP contribution is -2.36. The summed E-state index contributed by atoms with van der Waals surface area (Å²) in [5.41, 5.74) is 2.36. The molecule has 11 heteroatoms. The first-order valence-electron chi connectivity index (χ1n) is 17.7. The smallest absolute Gasteiger partial charge is 0.224 e. The highest BCUT2D eigenvalue weighted by molar-refractivity contribution is 6.76. The van der Waals surface area contributed by atoms with Gasteiger partial charge in [-0.3, -0.25) is 9.59 Å². The van der Waals surface area contributed by atoms with Crippen molar-refractivity contribution in [1.82, 2.24) is 24.8 Å². The number of nitrogens with one attached hydrogen (secondary N) is 1. The van der Waals surface area contributed by atoms with Gasteiger partial charge in [0.1, 0.15) is 18.3 Å². The van der Waals surface area contributed by atoms with Gasteiger partial charge in [-0.2, -0.15) is 0 Å². The van der Waals surface area contributed by atoms with Crippen molar-refractivity contribution in [3.8, 4) is 17.1 Å². The number of hydrogen-bond donors (Lipinski definition) is 1. The molecular formula is C37H54ClN5O4Si. The number of fused-ring (bicyclic) bond motifs is 1. The lowest BCUT2D eigenvalue weighted by atomic mass is 9.91. The highest BCUT2D eigenvalue weighted by Crippen LogP contribution is 2.59. The lowest BCUT2D eigenvalue weighted by Gasteiger charge is -2.30. The molecular weight excluding hydrogens is 642 g/mol. The number of amides is 1. The predicted molar refractivity (Wildman–Crippen MR) is 195 cm³/mol. The summed E-state index contributed by atoms with van der Waals surface area (Å²) in [6.45, 7) is 12.0. The molecule has 48 heavy (non-hydrogen) atoms. The van der Waals surface area contributed by atoms with Crippen molar-refractivity contribution < 1.29 is 19.1 Å². The Morgan fingerprint density at radius 3 is 2.60 bits per heavy atom. The van der Waals surface area contributed by atoms with Crippen LogP contribution in [0.1, 0.15) is 76.6 Å². The van der Waals surface area contributed by atoms with Crippen molar-refractivity contribution in [1.29, 1.82) is 0 Å². The van der Waals surface area contributed by atoms with Gasteiger partial charge in [0.25, 0.3) is 0 Å². The summed E-state index contributed by atoms with van der Waals surface area (Å²) in [7, 11) is 2.49. The maximum absolute atomic E-state index is 13.9. The average Bonchev–Trinajstić information content (AvgIpc) is 3.60. The quantitative estimate of drug-likeness (QED) is 0.113. The number of benzene rings is 1. The number of halogens is 1. The van der Waals surface area contributed by atoms with Gasteiger partial charge in [-0.05, 0) is 81.9 Å². The van der Waals surface area contributed by atoms with Gasteiger partial charge in [0.05, 0.1) is 29.9 Å². The number of methoxy groups -OCH3 is 1. The Hall–Kier alpha value is -2.79. The summed E-state index contributed by atoms with van der Waals surface area (Å²) in [6.07, 6.45) is 9.67. The fraction of sp³-hybridized carbons (Fsp3) is 0.622. The summed E-state index contributed by atoms with van der Waals surface area (Å²) in [6, 6.07) is 8.43. The normalized spacial score (nSPS) is 18.3. The highest BCUT2D eigenvalue weighted by atomic mass is 35.5. The molecule has 262 valence electrons. The van der Waals surface area contributed by atoms with E-state index in [1.165, 1.54) is 0 Å². The van der Waals surface area contributed by atoms with Crippen LogP contribution in [-0.4, -0.2) is 73.1 Å². The first kappa shape index (κ1) is 36.5. The van der Waals surface area contributed by atoms with E-state index < -0.39 is 8.07 Å². The second-order valence-corrected chi connectivity index (χ2v) is 21.2. The number of aromatic nitrogens is 3. The number of likely N-dealkylation sites (tertiary alicyclic amines) is 1. The van der Waals surface area contributed by atoms with Crippen LogP contribution in [-0.2, 0) is 21.1 Å². The number of hydrogen-bond acceptors (Lipinski definition) is 7. The molecule has 1 spiro atoms. The Bertz CT molecular complexity index is 1580. The second kappa shape index (κ2) is 15.8. The van der Waals surface area contributed by atoms with Crippen LogP contribution >= 0.6 is 11.6 Å². The molecule has 1 N–H and O–H groups in total. The van der Waals surface area contributed by atoms with E-state index in [9.17, 15) is 9.59 Å². The minimum atomic E-state index is -1.28. The number of carbonyl (C=O) groups excluding carboxylic acids is 2. The van der Waals surface area contributed by atoms with Crippen LogP contribution in [0.25, 0.3) is 22.2 Å². The van der Waals surface area contributed by atoms with Gasteiger partial charge in [0, 0.05) is 50.0 Å². The number of pyridine rings is 1. The van der Waals surface area contributed by atoms with Crippen LogP contribution in [0.2, 0.25) is 30.7 Å². The van der Waals surface area contributed by atoms with Crippen molar-refractivity contribution in [3.63, 3.8) is 0 Å². The highest BCUT2D eigenvalue weighted by Gasteiger charge is 2.58. The first-order chi connectivity index (χ1) is 22.9. The van der Waals surface area contributed by atoms with Gasteiger partial charge < -0.3 is 24.3 Å². The Morgan fingerprint density at radius 2 is 1.90 bits per heavy atom. The molecule has 0 radical (unpaired) electrons. The third-order valence-electron chi connectivity index (χ3n) is 10.2. The number of nitrogens with zero attached hydrogens (tertiary/aromatic N) is 4. The van der Waals surface area contributed by atoms with Crippen LogP contribution in [0.5, 0.6) is 5.88 Å². The Morgan fingerprint density at radius 1 is 1.12 bits per heavy atom. The third-order valence-corrected chi connectivity index (χ3v) is 12.1. The lowest BCUT2D eigenvalue weighted by molar-refractivity contribution is -0.124. The maximum Gasteiger partial charge on any atom is 0.224 e. The average molecular weight is 696 g/mol. The van der Waals surface area contributed by atoms with Crippen LogP contribution < -0.4 is 10.1 Å². The SMILES string of the molecule is CCC(=O)CCCCC[C@H](NC(=O)[C@H]1CC12CCN(C)CC2)c1nc(-c2cc3ccc(Cl)cc3nc2OC)cn1COCC[Si](C)(C)C. The minimum Gasteiger partial charge on any atom is -0.480 e. The van der Waals surface area contributed by atoms with Crippen molar-refractivity contribution in [3.05, 3.63) is 41.3 Å². The number of unbranched alkanes of at least 4 members (excludes halogenated alkanes) is 2. The van der Waals surface area contributed by atoms with Gasteiger partial charge in [0.15, 0.2) is 0 Å². The van der Waals surface area contributed by atoms with Gasteiger partial charge >= 0.3 is 0 Å². The molecule has 1 saturated heterocycles. The number of imidazole rings is 1. The number of Topliss-reactive ketones (excluding diaryl/α,β-unsaturated/α-hetero) is 1. The zero-order valence-corrected chi connectivity index (χ0v) is 31.5. The molecule has 0 unspecified atom stereocenters. The topological polar surface area (TPSA) is 98.6 Å². The molecule has 1 aliphatic carbocycles. The number of rotatable bonds is 17. The summed E-state index contributed by atoms with van der Waals surface area (Å²) in [5.74, 6) is 1.70. The first-order valence-corrected chi connectivity index (χ1v) is 21.8. The molecule has 3 aromatic rings. The van der Waals surface area contributed by atoms with E-state index in [1.54, 1.807) is 7.11 Å². The van der Waals surface area contributed by atoms with Gasteiger partial charge in [0.2, 0.25) is 11.8 Å². The summed E-state index contributed by atoms with van der Waals surface area (Å²) in [4.78, 5) is 38.2. The molecule has 2 aromatic heterocycles. The Kier molecular flexibility index (Phi) is 12.0. The summed E-state index contributed by atoms with van der Waals surface area (Å²) >= 11 is 6.26. The number of carbonyl (C=O) groups is 2. The van der Waals surface area contributed by atoms with Crippen molar-refractivity contribution in [2.75, 3.05) is 33.9 Å². The molecule has 0 bridgehead atoms. The molecule has 5 rings (SSSR count). The zero-order chi connectivity index (χ0) is 34.5. The standard InChI is InChI=1S/C37H54ClN5O4Si/c1-7-28(44)11-9-8-10-12-31(40-35(45)30-23-37(30)15-17-42(2)18-16-37)34-39-33(24-43(34)25-47-19-20-48(4,5)6)29-21-26-13-14-27(38)22-32(26)41-36(29)46-3/h13-14,21-22,24,30-31H,7-12,15-20,23,25H2,1-6H3,(H,40,45)/t30-,31+/m1/s1. The van der Waals surface area contributed by atoms with E-state index in [2.05, 4.69) is 41.5 Å². The van der Waals surface area contributed by atoms with E-state index in [0.29, 0.717) is 48.6 Å². The third kappa shape index (κ3) is 9.25. The van der Waals surface area contributed by atoms with E-state index in [4.69, 9.17) is 31.0 Å². The number of ether oxygens (including phenoxy) is 2. The minimum absolute atomic E-state index is 0.0448. The van der Waals surface area contributed by atoms with E-state index in [-0.39, 0.29) is 23.3 Å². The van der Waals surface area contributed by atoms with Crippen LogP contribution in [0, 0.1) is 11.3 Å². The van der Waals surface area contributed by atoms with Crippen LogP contribution in [0.4, 0.5) is 0 Å². The zero-order valence-electron chi connectivity index (χ0n) is 29.7. The molecule has 1 saturated carbocycles. The van der Waals surface area contributed by atoms with Crippen molar-refractivity contribution >= 4 is 42.3 Å². The second-order valence-electron chi connectivity index (χ2n) is 15.2. The fourth-order valence-corrected chi connectivity index (χ4v) is 7.76. The van der Waals surface area contributed by atoms with Gasteiger partial charge in [-0.15, -0.1) is 0 Å². The molecule has 2 fully saturated rings. The molecule has 2 aliphatic rings. The number of piperidine rings is 1. The van der Waals surface area contributed by atoms with Crippen LogP contribution in [0.15, 0.2) is 30.5 Å². The Labute approximate surface area is 292 Å². The maximum atomic E-state index is 13.9. The molecule has 1 aromatic carbocycles. The van der Waals surface area contributed by atoms with E-state index in [1.807, 2.05) is 37.4 Å². The van der Waals surface area contributed by atoms with E-state index in [0.717, 1.165) is 86.4 Å². The van der Waals surface area contributed by atoms with Gasteiger partial charge in [-0.1, -0.05) is 57.1 Å². The largest absolute Gasteiger partial charge is 0.480 e. The summed E-state index contributed by atoms with van der Waals surface area (Å²) < 4.78 is 14.1.